The molecule has 1 saturated heterocycles. The number of amides is 2. The number of fused-ring (bicyclic) bond motifs is 1. The van der Waals surface area contributed by atoms with E-state index in [1.807, 2.05) is 45.0 Å². The molecule has 8 heteroatoms. The van der Waals surface area contributed by atoms with Gasteiger partial charge >= 0.3 is 6.09 Å². The molecule has 3 N–H and O–H groups in total. The van der Waals surface area contributed by atoms with Gasteiger partial charge in [-0.05, 0) is 32.9 Å². The first-order valence-electron chi connectivity index (χ1n) is 8.95. The lowest BCUT2D eigenvalue weighted by Crippen LogP contribution is -2.44. The minimum atomic E-state index is -0.509. The van der Waals surface area contributed by atoms with E-state index in [1.165, 1.54) is 11.3 Å². The Hall–Kier alpha value is -2.32. The van der Waals surface area contributed by atoms with E-state index in [0.29, 0.717) is 36.6 Å². The first-order chi connectivity index (χ1) is 12.8. The second-order valence-corrected chi connectivity index (χ2v) is 8.57. The van der Waals surface area contributed by atoms with Crippen LogP contribution in [0.4, 0.5) is 4.79 Å². The highest BCUT2D eigenvalue weighted by molar-refractivity contribution is 7.21. The minimum Gasteiger partial charge on any atom is -0.488 e. The summed E-state index contributed by atoms with van der Waals surface area (Å²) in [5.74, 6) is 5.52. The van der Waals surface area contributed by atoms with E-state index >= 15 is 0 Å². The van der Waals surface area contributed by atoms with Crippen LogP contribution in [0.15, 0.2) is 24.3 Å². The monoisotopic (exact) mass is 391 g/mol. The SMILES string of the molecule is CC(C)(C)OC(=O)N1CCC(Oc2c(C(=O)NN)sc3ccccc23)CC1. The molecule has 2 heterocycles. The van der Waals surface area contributed by atoms with Gasteiger partial charge in [0.1, 0.15) is 16.6 Å². The number of carbonyl (C=O) groups excluding carboxylic acids is 2. The van der Waals surface area contributed by atoms with E-state index in [1.54, 1.807) is 4.90 Å². The molecule has 1 fully saturated rings. The van der Waals surface area contributed by atoms with Crippen LogP contribution in [0.1, 0.15) is 43.3 Å². The van der Waals surface area contributed by atoms with Gasteiger partial charge in [-0.2, -0.15) is 0 Å². The Balaban J connectivity index is 1.70. The quantitative estimate of drug-likeness (QED) is 0.476. The molecule has 0 radical (unpaired) electrons. The Kier molecular flexibility index (Phi) is 5.57. The molecule has 2 aromatic rings. The Labute approximate surface area is 162 Å². The molecular weight excluding hydrogens is 366 g/mol. The Morgan fingerprint density at radius 1 is 1.22 bits per heavy atom. The standard InChI is InChI=1S/C19H25N3O4S/c1-19(2,3)26-18(24)22-10-8-12(9-11-22)25-15-13-6-4-5-7-14(13)27-16(15)17(23)21-20/h4-7,12H,8-11,20H2,1-3H3,(H,21,23). The van der Waals surface area contributed by atoms with E-state index in [-0.39, 0.29) is 18.1 Å². The topological polar surface area (TPSA) is 93.9 Å². The predicted octanol–water partition coefficient (Wildman–Crippen LogP) is 3.28. The normalized spacial score (nSPS) is 15.6. The summed E-state index contributed by atoms with van der Waals surface area (Å²) in [4.78, 5) is 26.5. The van der Waals surface area contributed by atoms with Gasteiger partial charge in [-0.25, -0.2) is 10.6 Å². The number of nitrogens with zero attached hydrogens (tertiary/aromatic N) is 1. The van der Waals surface area contributed by atoms with Crippen LogP contribution in [-0.2, 0) is 4.74 Å². The van der Waals surface area contributed by atoms with Crippen LogP contribution in [0.3, 0.4) is 0 Å². The van der Waals surface area contributed by atoms with Crippen molar-refractivity contribution in [1.82, 2.24) is 10.3 Å². The lowest BCUT2D eigenvalue weighted by atomic mass is 10.1. The lowest BCUT2D eigenvalue weighted by molar-refractivity contribution is 0.0128. The van der Waals surface area contributed by atoms with Crippen molar-refractivity contribution in [3.63, 3.8) is 0 Å². The summed E-state index contributed by atoms with van der Waals surface area (Å²) in [6.07, 6.45) is 0.969. The third-order valence-electron chi connectivity index (χ3n) is 4.27. The number of likely N-dealkylation sites (tertiary alicyclic amines) is 1. The molecule has 27 heavy (non-hydrogen) atoms. The first kappa shape index (κ1) is 19.4. The van der Waals surface area contributed by atoms with Gasteiger partial charge in [-0.15, -0.1) is 11.3 Å². The fourth-order valence-electron chi connectivity index (χ4n) is 3.00. The van der Waals surface area contributed by atoms with Crippen LogP contribution in [0.25, 0.3) is 10.1 Å². The Bertz CT molecular complexity index is 835. The van der Waals surface area contributed by atoms with Gasteiger partial charge in [0.25, 0.3) is 5.91 Å². The summed E-state index contributed by atoms with van der Waals surface area (Å²) in [6.45, 7) is 6.67. The van der Waals surface area contributed by atoms with Crippen LogP contribution in [0.5, 0.6) is 5.75 Å². The fraction of sp³-hybridized carbons (Fsp3) is 0.474. The zero-order chi connectivity index (χ0) is 19.6. The molecule has 0 bridgehead atoms. The van der Waals surface area contributed by atoms with Crippen molar-refractivity contribution < 1.29 is 19.1 Å². The van der Waals surface area contributed by atoms with Gasteiger partial charge in [0.2, 0.25) is 0 Å². The molecule has 1 aromatic heterocycles. The van der Waals surface area contributed by atoms with Crippen molar-refractivity contribution in [2.45, 2.75) is 45.3 Å². The maximum atomic E-state index is 12.2. The van der Waals surface area contributed by atoms with Crippen molar-refractivity contribution in [2.24, 2.45) is 5.84 Å². The number of nitrogens with two attached hydrogens (primary N) is 1. The molecule has 1 aliphatic rings. The van der Waals surface area contributed by atoms with E-state index in [2.05, 4.69) is 5.43 Å². The summed E-state index contributed by atoms with van der Waals surface area (Å²) < 4.78 is 12.6. The van der Waals surface area contributed by atoms with Crippen LogP contribution < -0.4 is 16.0 Å². The average Bonchev–Trinajstić information content (AvgIpc) is 2.99. The smallest absolute Gasteiger partial charge is 0.410 e. The first-order valence-corrected chi connectivity index (χ1v) is 9.77. The van der Waals surface area contributed by atoms with Gasteiger partial charge in [0.05, 0.1) is 0 Å². The number of benzene rings is 1. The predicted molar refractivity (Wildman–Crippen MR) is 105 cm³/mol. The summed E-state index contributed by atoms with van der Waals surface area (Å²) in [5.41, 5.74) is 1.68. The van der Waals surface area contributed by atoms with Crippen LogP contribution in [0.2, 0.25) is 0 Å². The number of rotatable bonds is 3. The van der Waals surface area contributed by atoms with E-state index in [9.17, 15) is 9.59 Å². The number of carbonyl (C=O) groups is 2. The molecule has 2 amide bonds. The number of thiophene rings is 1. The zero-order valence-corrected chi connectivity index (χ0v) is 16.6. The number of nitrogen functional groups attached to an aromatic ring is 1. The molecule has 1 aromatic carbocycles. The summed E-state index contributed by atoms with van der Waals surface area (Å²) in [6, 6.07) is 7.72. The molecule has 0 saturated carbocycles. The van der Waals surface area contributed by atoms with E-state index in [0.717, 1.165) is 10.1 Å². The van der Waals surface area contributed by atoms with Crippen molar-refractivity contribution in [3.05, 3.63) is 29.1 Å². The molecular formula is C19H25N3O4S. The minimum absolute atomic E-state index is 0.0778. The van der Waals surface area contributed by atoms with Gasteiger partial charge < -0.3 is 14.4 Å². The third-order valence-corrected chi connectivity index (χ3v) is 5.42. The Morgan fingerprint density at radius 3 is 2.52 bits per heavy atom. The molecule has 0 aliphatic carbocycles. The van der Waals surface area contributed by atoms with Gasteiger partial charge in [0, 0.05) is 36.0 Å². The summed E-state index contributed by atoms with van der Waals surface area (Å²) >= 11 is 1.36. The highest BCUT2D eigenvalue weighted by atomic mass is 32.1. The van der Waals surface area contributed by atoms with Gasteiger partial charge in [-0.1, -0.05) is 12.1 Å². The maximum absolute atomic E-state index is 12.2. The molecule has 7 nitrogen and oxygen atoms in total. The molecule has 0 atom stereocenters. The van der Waals surface area contributed by atoms with Gasteiger partial charge in [0.15, 0.2) is 5.75 Å². The van der Waals surface area contributed by atoms with E-state index in [4.69, 9.17) is 15.3 Å². The second-order valence-electron chi connectivity index (χ2n) is 7.51. The lowest BCUT2D eigenvalue weighted by Gasteiger charge is -2.33. The fourth-order valence-corrected chi connectivity index (χ4v) is 4.04. The largest absolute Gasteiger partial charge is 0.488 e. The van der Waals surface area contributed by atoms with Crippen LogP contribution in [-0.4, -0.2) is 41.7 Å². The Morgan fingerprint density at radius 2 is 1.89 bits per heavy atom. The van der Waals surface area contributed by atoms with Crippen molar-refractivity contribution in [2.75, 3.05) is 13.1 Å². The van der Waals surface area contributed by atoms with Gasteiger partial charge in [-0.3, -0.25) is 10.2 Å². The number of ether oxygens (including phenoxy) is 2. The van der Waals surface area contributed by atoms with Crippen molar-refractivity contribution in [1.29, 1.82) is 0 Å². The number of hydrazine groups is 1. The average molecular weight is 391 g/mol. The molecule has 3 rings (SSSR count). The van der Waals surface area contributed by atoms with Crippen molar-refractivity contribution >= 4 is 33.4 Å². The number of nitrogens with one attached hydrogen (secondary N) is 1. The maximum Gasteiger partial charge on any atom is 0.410 e. The molecule has 1 aliphatic heterocycles. The number of hydrogen-bond donors (Lipinski definition) is 2. The van der Waals surface area contributed by atoms with Crippen LogP contribution in [0, 0.1) is 0 Å². The molecule has 0 spiro atoms. The van der Waals surface area contributed by atoms with E-state index < -0.39 is 5.60 Å². The summed E-state index contributed by atoms with van der Waals surface area (Å²) in [5, 5.41) is 0.899. The van der Waals surface area contributed by atoms with Crippen LogP contribution >= 0.6 is 11.3 Å². The highest BCUT2D eigenvalue weighted by Crippen LogP contribution is 2.39. The summed E-state index contributed by atoms with van der Waals surface area (Å²) in [7, 11) is 0. The molecule has 0 unspecified atom stereocenters. The second kappa shape index (κ2) is 7.74. The number of hydrogen-bond acceptors (Lipinski definition) is 6. The third kappa shape index (κ3) is 4.51. The van der Waals surface area contributed by atoms with Crippen molar-refractivity contribution in [3.8, 4) is 5.75 Å². The zero-order valence-electron chi connectivity index (χ0n) is 15.8. The highest BCUT2D eigenvalue weighted by Gasteiger charge is 2.29. The number of piperidine rings is 1. The molecule has 146 valence electrons.